The summed E-state index contributed by atoms with van der Waals surface area (Å²) < 4.78 is 15.0. The fourth-order valence-corrected chi connectivity index (χ4v) is 2.32. The highest BCUT2D eigenvalue weighted by Crippen LogP contribution is 2.28. The van der Waals surface area contributed by atoms with Gasteiger partial charge in [-0.15, -0.1) is 0 Å². The smallest absolute Gasteiger partial charge is 0.411 e. The van der Waals surface area contributed by atoms with E-state index in [1.165, 1.54) is 7.11 Å². The molecular weight excluding hydrogens is 336 g/mol. The summed E-state index contributed by atoms with van der Waals surface area (Å²) in [6.45, 7) is 0. The lowest BCUT2D eigenvalue weighted by molar-refractivity contribution is -0.116. The van der Waals surface area contributed by atoms with Crippen LogP contribution in [0.15, 0.2) is 42.5 Å². The predicted octanol–water partition coefficient (Wildman–Crippen LogP) is 3.45. The summed E-state index contributed by atoms with van der Waals surface area (Å²) in [6.07, 6.45) is 0.364. The first-order valence-corrected chi connectivity index (χ1v) is 8.01. The van der Waals surface area contributed by atoms with Gasteiger partial charge in [-0.1, -0.05) is 6.07 Å². The zero-order valence-electron chi connectivity index (χ0n) is 15.0. The van der Waals surface area contributed by atoms with E-state index in [1.54, 1.807) is 38.5 Å². The number of nitrogens with one attached hydrogen (secondary N) is 2. The molecule has 0 unspecified atom stereocenters. The Morgan fingerprint density at radius 1 is 0.846 bits per heavy atom. The van der Waals surface area contributed by atoms with Gasteiger partial charge in [0.15, 0.2) is 11.5 Å². The topological polar surface area (TPSA) is 85.9 Å². The van der Waals surface area contributed by atoms with Crippen molar-refractivity contribution in [3.05, 3.63) is 48.0 Å². The average Bonchev–Trinajstić information content (AvgIpc) is 2.67. The van der Waals surface area contributed by atoms with Gasteiger partial charge < -0.3 is 19.5 Å². The monoisotopic (exact) mass is 358 g/mol. The van der Waals surface area contributed by atoms with Gasteiger partial charge in [0.2, 0.25) is 5.91 Å². The van der Waals surface area contributed by atoms with Gasteiger partial charge in [0, 0.05) is 17.8 Å². The summed E-state index contributed by atoms with van der Waals surface area (Å²) in [5.74, 6) is 1.19. The van der Waals surface area contributed by atoms with Crippen LogP contribution < -0.4 is 20.1 Å². The lowest BCUT2D eigenvalue weighted by atomic mass is 10.1. The molecule has 7 nitrogen and oxygen atoms in total. The molecule has 2 aromatic rings. The quantitative estimate of drug-likeness (QED) is 0.792. The molecule has 0 spiro atoms. The van der Waals surface area contributed by atoms with Crippen molar-refractivity contribution in [1.82, 2.24) is 0 Å². The fourth-order valence-electron chi connectivity index (χ4n) is 2.32. The number of methoxy groups -OCH3 is 3. The van der Waals surface area contributed by atoms with E-state index in [-0.39, 0.29) is 5.91 Å². The van der Waals surface area contributed by atoms with Crippen LogP contribution in [0.5, 0.6) is 11.5 Å². The van der Waals surface area contributed by atoms with Crippen molar-refractivity contribution < 1.29 is 23.8 Å². The number of ether oxygens (including phenoxy) is 3. The first kappa shape index (κ1) is 19.1. The van der Waals surface area contributed by atoms with Crippen molar-refractivity contribution in [2.45, 2.75) is 12.8 Å². The van der Waals surface area contributed by atoms with Crippen molar-refractivity contribution in [2.75, 3.05) is 32.0 Å². The highest BCUT2D eigenvalue weighted by atomic mass is 16.5. The van der Waals surface area contributed by atoms with Crippen LogP contribution in [0.2, 0.25) is 0 Å². The number of hydrogen-bond acceptors (Lipinski definition) is 5. The van der Waals surface area contributed by atoms with Crippen molar-refractivity contribution in [1.29, 1.82) is 0 Å². The average molecular weight is 358 g/mol. The Labute approximate surface area is 152 Å². The normalized spacial score (nSPS) is 9.96. The zero-order valence-corrected chi connectivity index (χ0v) is 15.0. The van der Waals surface area contributed by atoms with Crippen molar-refractivity contribution in [3.63, 3.8) is 0 Å². The van der Waals surface area contributed by atoms with Crippen LogP contribution in [0.3, 0.4) is 0 Å². The van der Waals surface area contributed by atoms with Crippen LogP contribution in [-0.2, 0) is 16.0 Å². The number of amides is 2. The Balaban J connectivity index is 1.88. The summed E-state index contributed by atoms with van der Waals surface area (Å²) in [5.41, 5.74) is 2.22. The second kappa shape index (κ2) is 9.31. The Hall–Kier alpha value is -3.22. The minimum Gasteiger partial charge on any atom is -0.493 e. The molecule has 0 aliphatic carbocycles. The first-order valence-electron chi connectivity index (χ1n) is 8.01. The standard InChI is InChI=1S/C19H22N2O5/c1-24-16-10-4-13(12-17(16)25-2)5-11-18(22)20-14-6-8-15(9-7-14)21-19(23)26-3/h4,6-10,12H,5,11H2,1-3H3,(H,20,22)(H,21,23). The molecule has 2 N–H and O–H groups in total. The van der Waals surface area contributed by atoms with Gasteiger partial charge in [0.1, 0.15) is 0 Å². The second-order valence-corrected chi connectivity index (χ2v) is 5.43. The Bertz CT molecular complexity index is 759. The molecule has 0 atom stereocenters. The van der Waals surface area contributed by atoms with Crippen LogP contribution in [0.25, 0.3) is 0 Å². The lowest BCUT2D eigenvalue weighted by Gasteiger charge is -2.10. The van der Waals surface area contributed by atoms with Crippen molar-refractivity contribution >= 4 is 23.4 Å². The molecule has 2 amide bonds. The Morgan fingerprint density at radius 3 is 2.04 bits per heavy atom. The number of benzene rings is 2. The molecule has 0 aromatic heterocycles. The van der Waals surface area contributed by atoms with Gasteiger partial charge in [-0.25, -0.2) is 4.79 Å². The van der Waals surface area contributed by atoms with Crippen LogP contribution >= 0.6 is 0 Å². The third kappa shape index (κ3) is 5.41. The van der Waals surface area contributed by atoms with Gasteiger partial charge in [-0.3, -0.25) is 10.1 Å². The zero-order chi connectivity index (χ0) is 18.9. The molecular formula is C19H22N2O5. The largest absolute Gasteiger partial charge is 0.493 e. The fraction of sp³-hybridized carbons (Fsp3) is 0.263. The van der Waals surface area contributed by atoms with E-state index in [1.807, 2.05) is 18.2 Å². The summed E-state index contributed by atoms with van der Waals surface area (Å²) in [5, 5.41) is 5.36. The molecule has 138 valence electrons. The Morgan fingerprint density at radius 2 is 1.46 bits per heavy atom. The van der Waals surface area contributed by atoms with Crippen molar-refractivity contribution in [3.8, 4) is 11.5 Å². The summed E-state index contributed by atoms with van der Waals surface area (Å²) in [7, 11) is 4.45. The van der Waals surface area contributed by atoms with E-state index in [2.05, 4.69) is 15.4 Å². The summed E-state index contributed by atoms with van der Waals surface area (Å²) in [6, 6.07) is 12.4. The minimum absolute atomic E-state index is 0.103. The van der Waals surface area contributed by atoms with Gasteiger partial charge in [0.05, 0.1) is 21.3 Å². The van der Waals surface area contributed by atoms with E-state index >= 15 is 0 Å². The lowest BCUT2D eigenvalue weighted by Crippen LogP contribution is -2.13. The minimum atomic E-state index is -0.545. The number of carbonyl (C=O) groups is 2. The van der Waals surface area contributed by atoms with Gasteiger partial charge in [-0.2, -0.15) is 0 Å². The van der Waals surface area contributed by atoms with Gasteiger partial charge in [-0.05, 0) is 48.4 Å². The SMILES string of the molecule is COC(=O)Nc1ccc(NC(=O)CCc2ccc(OC)c(OC)c2)cc1. The van der Waals surface area contributed by atoms with E-state index in [4.69, 9.17) is 9.47 Å². The molecule has 7 heteroatoms. The molecule has 0 aliphatic rings. The Kier molecular flexibility index (Phi) is 6.84. The third-order valence-electron chi connectivity index (χ3n) is 3.69. The first-order chi connectivity index (χ1) is 12.5. The molecule has 0 saturated carbocycles. The molecule has 0 saturated heterocycles. The van der Waals surface area contributed by atoms with E-state index in [0.717, 1.165) is 5.56 Å². The molecule has 0 aliphatic heterocycles. The molecule has 2 rings (SSSR count). The number of hydrogen-bond donors (Lipinski definition) is 2. The van der Waals surface area contributed by atoms with E-state index in [0.29, 0.717) is 35.7 Å². The summed E-state index contributed by atoms with van der Waals surface area (Å²) >= 11 is 0. The number of aryl methyl sites for hydroxylation is 1. The van der Waals surface area contributed by atoms with Crippen LogP contribution in [0, 0.1) is 0 Å². The molecule has 0 bridgehead atoms. The van der Waals surface area contributed by atoms with Gasteiger partial charge >= 0.3 is 6.09 Å². The third-order valence-corrected chi connectivity index (χ3v) is 3.69. The molecule has 0 fully saturated rings. The maximum absolute atomic E-state index is 12.1. The van der Waals surface area contributed by atoms with Crippen LogP contribution in [0.4, 0.5) is 16.2 Å². The number of carbonyl (C=O) groups excluding carboxylic acids is 2. The predicted molar refractivity (Wildman–Crippen MR) is 99.0 cm³/mol. The van der Waals surface area contributed by atoms with Gasteiger partial charge in [0.25, 0.3) is 0 Å². The van der Waals surface area contributed by atoms with Crippen LogP contribution in [0.1, 0.15) is 12.0 Å². The van der Waals surface area contributed by atoms with Crippen LogP contribution in [-0.4, -0.2) is 33.3 Å². The number of rotatable bonds is 7. The molecule has 2 aromatic carbocycles. The maximum atomic E-state index is 12.1. The van der Waals surface area contributed by atoms with E-state index < -0.39 is 6.09 Å². The van der Waals surface area contributed by atoms with E-state index in [9.17, 15) is 9.59 Å². The second-order valence-electron chi connectivity index (χ2n) is 5.43. The van der Waals surface area contributed by atoms with Crippen molar-refractivity contribution in [2.24, 2.45) is 0 Å². The highest BCUT2D eigenvalue weighted by molar-refractivity contribution is 5.91. The number of anilines is 2. The highest BCUT2D eigenvalue weighted by Gasteiger charge is 2.08. The molecule has 0 heterocycles. The maximum Gasteiger partial charge on any atom is 0.411 e. The molecule has 0 radical (unpaired) electrons. The summed E-state index contributed by atoms with van der Waals surface area (Å²) in [4.78, 5) is 23.2. The molecule has 26 heavy (non-hydrogen) atoms.